The number of aromatic nitrogens is 1. The molecule has 2 N–H and O–H groups in total. The highest BCUT2D eigenvalue weighted by molar-refractivity contribution is 6.33. The predicted molar refractivity (Wildman–Crippen MR) is 89.9 cm³/mol. The van der Waals surface area contributed by atoms with Crippen LogP contribution in [0.2, 0.25) is 5.02 Å². The number of nitrogens with zero attached hydrogens (tertiary/aromatic N) is 1. The van der Waals surface area contributed by atoms with Crippen LogP contribution < -0.4 is 10.5 Å². The molecule has 0 bridgehead atoms. The Labute approximate surface area is 134 Å². The summed E-state index contributed by atoms with van der Waals surface area (Å²) >= 11 is 6.03. The molecular weight excluding hydrogens is 296 g/mol. The first-order chi connectivity index (χ1) is 10.7. The van der Waals surface area contributed by atoms with Crippen molar-refractivity contribution in [1.29, 1.82) is 0 Å². The van der Waals surface area contributed by atoms with Gasteiger partial charge in [-0.1, -0.05) is 54.1 Å². The monoisotopic (exact) mass is 310 g/mol. The molecule has 110 valence electrons. The van der Waals surface area contributed by atoms with Crippen molar-refractivity contribution in [2.24, 2.45) is 0 Å². The fourth-order valence-electron chi connectivity index (χ4n) is 2.17. The van der Waals surface area contributed by atoms with Crippen LogP contribution >= 0.6 is 11.6 Å². The minimum Gasteiger partial charge on any atom is -0.489 e. The van der Waals surface area contributed by atoms with E-state index in [1.54, 1.807) is 6.20 Å². The third kappa shape index (κ3) is 3.21. The second-order valence-electron chi connectivity index (χ2n) is 4.88. The molecule has 1 heterocycles. The zero-order valence-electron chi connectivity index (χ0n) is 11.9. The van der Waals surface area contributed by atoms with Gasteiger partial charge in [0.05, 0.1) is 10.7 Å². The lowest BCUT2D eigenvalue weighted by Crippen LogP contribution is -1.96. The molecule has 0 aliphatic heterocycles. The lowest BCUT2D eigenvalue weighted by Gasteiger charge is -2.10. The van der Waals surface area contributed by atoms with Gasteiger partial charge in [-0.25, -0.2) is 0 Å². The van der Waals surface area contributed by atoms with Gasteiger partial charge in [-0.3, -0.25) is 4.98 Å². The van der Waals surface area contributed by atoms with Crippen LogP contribution in [-0.4, -0.2) is 4.98 Å². The second-order valence-corrected chi connectivity index (χ2v) is 5.29. The van der Waals surface area contributed by atoms with Crippen molar-refractivity contribution in [2.45, 2.75) is 6.61 Å². The molecular formula is C18H15ClN2O. The number of nitrogen functional groups attached to an aromatic ring is 1. The van der Waals surface area contributed by atoms with Crippen LogP contribution in [0.15, 0.2) is 67.0 Å². The molecule has 3 aromatic rings. The van der Waals surface area contributed by atoms with Crippen molar-refractivity contribution >= 4 is 17.3 Å². The maximum Gasteiger partial charge on any atom is 0.120 e. The fraction of sp³-hybridized carbons (Fsp3) is 0.0556. The number of benzene rings is 2. The largest absolute Gasteiger partial charge is 0.489 e. The van der Waals surface area contributed by atoms with Crippen LogP contribution in [0.1, 0.15) is 5.56 Å². The third-order valence-electron chi connectivity index (χ3n) is 3.33. The molecule has 0 atom stereocenters. The van der Waals surface area contributed by atoms with Crippen molar-refractivity contribution in [3.05, 3.63) is 77.6 Å². The highest BCUT2D eigenvalue weighted by Crippen LogP contribution is 2.32. The normalized spacial score (nSPS) is 10.4. The van der Waals surface area contributed by atoms with Crippen molar-refractivity contribution in [1.82, 2.24) is 4.98 Å². The Kier molecular flexibility index (Phi) is 4.26. The first kappa shape index (κ1) is 14.4. The van der Waals surface area contributed by atoms with E-state index in [-0.39, 0.29) is 0 Å². The van der Waals surface area contributed by atoms with Gasteiger partial charge < -0.3 is 10.5 Å². The summed E-state index contributed by atoms with van der Waals surface area (Å²) < 4.78 is 5.83. The maximum atomic E-state index is 6.03. The maximum absolute atomic E-state index is 6.03. The topological polar surface area (TPSA) is 48.1 Å². The molecule has 0 unspecified atom stereocenters. The smallest absolute Gasteiger partial charge is 0.120 e. The van der Waals surface area contributed by atoms with Crippen molar-refractivity contribution < 1.29 is 4.74 Å². The number of pyridine rings is 1. The summed E-state index contributed by atoms with van der Waals surface area (Å²) in [5.41, 5.74) is 9.40. The first-order valence-corrected chi connectivity index (χ1v) is 7.28. The quantitative estimate of drug-likeness (QED) is 0.768. The van der Waals surface area contributed by atoms with Crippen molar-refractivity contribution in [3.8, 4) is 16.9 Å². The predicted octanol–water partition coefficient (Wildman–Crippen LogP) is 4.56. The summed E-state index contributed by atoms with van der Waals surface area (Å²) in [6.45, 7) is 0.521. The van der Waals surface area contributed by atoms with E-state index in [1.165, 1.54) is 6.20 Å². The van der Waals surface area contributed by atoms with E-state index < -0.39 is 0 Å². The molecule has 0 saturated carbocycles. The highest BCUT2D eigenvalue weighted by atomic mass is 35.5. The molecule has 3 nitrogen and oxygen atoms in total. The zero-order chi connectivity index (χ0) is 15.4. The van der Waals surface area contributed by atoms with Crippen LogP contribution in [0.4, 0.5) is 5.69 Å². The SMILES string of the molecule is Nc1c(Cl)cncc1-c1cccc(OCc2ccccc2)c1. The van der Waals surface area contributed by atoms with E-state index in [2.05, 4.69) is 4.98 Å². The highest BCUT2D eigenvalue weighted by Gasteiger charge is 2.07. The molecule has 2 aromatic carbocycles. The van der Waals surface area contributed by atoms with Crippen molar-refractivity contribution in [3.63, 3.8) is 0 Å². The molecule has 3 rings (SSSR count). The van der Waals surface area contributed by atoms with Crippen LogP contribution in [0.3, 0.4) is 0 Å². The summed E-state index contributed by atoms with van der Waals surface area (Å²) in [7, 11) is 0. The van der Waals surface area contributed by atoms with Gasteiger partial charge in [0.1, 0.15) is 12.4 Å². The van der Waals surface area contributed by atoms with Gasteiger partial charge in [-0.2, -0.15) is 0 Å². The number of halogens is 1. The van der Waals surface area contributed by atoms with E-state index in [9.17, 15) is 0 Å². The molecule has 0 fully saturated rings. The summed E-state index contributed by atoms with van der Waals surface area (Å²) in [5, 5.41) is 0.452. The average molecular weight is 311 g/mol. The molecule has 0 amide bonds. The molecule has 0 spiro atoms. The second kappa shape index (κ2) is 6.50. The Morgan fingerprint density at radius 3 is 2.64 bits per heavy atom. The van der Waals surface area contributed by atoms with Crippen LogP contribution in [0, 0.1) is 0 Å². The summed E-state index contributed by atoms with van der Waals surface area (Å²) in [4.78, 5) is 4.09. The van der Waals surface area contributed by atoms with E-state index in [0.29, 0.717) is 17.3 Å². The molecule has 1 aromatic heterocycles. The van der Waals surface area contributed by atoms with E-state index in [0.717, 1.165) is 22.4 Å². The van der Waals surface area contributed by atoms with Gasteiger partial charge in [0, 0.05) is 18.0 Å². The molecule has 0 radical (unpaired) electrons. The number of nitrogens with two attached hydrogens (primary N) is 1. The van der Waals surface area contributed by atoms with Gasteiger partial charge in [0.15, 0.2) is 0 Å². The van der Waals surface area contributed by atoms with Crippen LogP contribution in [0.25, 0.3) is 11.1 Å². The Hall–Kier alpha value is -2.52. The Balaban J connectivity index is 1.82. The van der Waals surface area contributed by atoms with Crippen molar-refractivity contribution in [2.75, 3.05) is 5.73 Å². The van der Waals surface area contributed by atoms with Gasteiger partial charge >= 0.3 is 0 Å². The summed E-state index contributed by atoms with van der Waals surface area (Å²) in [5.74, 6) is 0.778. The van der Waals surface area contributed by atoms with Gasteiger partial charge in [0.25, 0.3) is 0 Å². The van der Waals surface area contributed by atoms with Gasteiger partial charge in [-0.05, 0) is 23.3 Å². The number of anilines is 1. The summed E-state index contributed by atoms with van der Waals surface area (Å²) in [6.07, 6.45) is 3.24. The lowest BCUT2D eigenvalue weighted by atomic mass is 10.1. The molecule has 4 heteroatoms. The lowest BCUT2D eigenvalue weighted by molar-refractivity contribution is 0.306. The fourth-order valence-corrected chi connectivity index (χ4v) is 2.33. The summed E-state index contributed by atoms with van der Waals surface area (Å²) in [6, 6.07) is 17.8. The Morgan fingerprint density at radius 1 is 1.00 bits per heavy atom. The number of ether oxygens (including phenoxy) is 1. The van der Waals surface area contributed by atoms with E-state index in [1.807, 2.05) is 54.6 Å². The Bertz CT molecular complexity index is 775. The number of hydrogen-bond acceptors (Lipinski definition) is 3. The molecule has 0 saturated heterocycles. The van der Waals surface area contributed by atoms with E-state index >= 15 is 0 Å². The van der Waals surface area contributed by atoms with Crippen LogP contribution in [0.5, 0.6) is 5.75 Å². The average Bonchev–Trinajstić information content (AvgIpc) is 2.57. The van der Waals surface area contributed by atoms with Gasteiger partial charge in [-0.15, -0.1) is 0 Å². The Morgan fingerprint density at radius 2 is 1.82 bits per heavy atom. The first-order valence-electron chi connectivity index (χ1n) is 6.90. The minimum absolute atomic E-state index is 0.452. The minimum atomic E-state index is 0.452. The number of hydrogen-bond donors (Lipinski definition) is 1. The standard InChI is InChI=1S/C18H15ClN2O/c19-17-11-21-10-16(18(17)20)14-7-4-8-15(9-14)22-12-13-5-2-1-3-6-13/h1-11H,12H2,(H2,20,21). The zero-order valence-corrected chi connectivity index (χ0v) is 12.6. The molecule has 0 aliphatic rings. The van der Waals surface area contributed by atoms with Gasteiger partial charge in [0.2, 0.25) is 0 Å². The van der Waals surface area contributed by atoms with Crippen LogP contribution in [-0.2, 0) is 6.61 Å². The number of rotatable bonds is 4. The molecule has 22 heavy (non-hydrogen) atoms. The third-order valence-corrected chi connectivity index (χ3v) is 3.63. The van der Waals surface area contributed by atoms with E-state index in [4.69, 9.17) is 22.1 Å². The molecule has 0 aliphatic carbocycles.